The van der Waals surface area contributed by atoms with Crippen LogP contribution in [0, 0.1) is 10.1 Å². The first-order chi connectivity index (χ1) is 15.9. The normalized spacial score (nSPS) is 14.2. The van der Waals surface area contributed by atoms with Gasteiger partial charge in [0.2, 0.25) is 0 Å². The Hall–Kier alpha value is -3.13. The van der Waals surface area contributed by atoms with Gasteiger partial charge in [-0.15, -0.1) is 0 Å². The summed E-state index contributed by atoms with van der Waals surface area (Å²) in [5.74, 6) is -0.496. The maximum Gasteiger partial charge on any atom is 0.270 e. The van der Waals surface area contributed by atoms with Gasteiger partial charge in [-0.2, -0.15) is 0 Å². The Morgan fingerprint density at radius 3 is 2.30 bits per heavy atom. The van der Waals surface area contributed by atoms with E-state index in [9.17, 15) is 14.9 Å². The average molecular weight is 485 g/mol. The highest BCUT2D eigenvalue weighted by Gasteiger charge is 2.19. The number of anilines is 2. The molecule has 1 aliphatic heterocycles. The number of nitro benzene ring substituents is 1. The molecule has 0 aromatic heterocycles. The Labute approximate surface area is 201 Å². The molecule has 1 aliphatic rings. The minimum absolute atomic E-state index is 0.0598. The topological polar surface area (TPSA) is 78.7 Å². The van der Waals surface area contributed by atoms with Gasteiger partial charge in [-0.1, -0.05) is 41.4 Å². The van der Waals surface area contributed by atoms with Crippen molar-refractivity contribution < 1.29 is 9.72 Å². The van der Waals surface area contributed by atoms with E-state index >= 15 is 0 Å². The molecular formula is C24H22Cl2N4O3. The number of nitro groups is 1. The fourth-order valence-electron chi connectivity index (χ4n) is 3.79. The molecule has 7 nitrogen and oxygen atoms in total. The van der Waals surface area contributed by atoms with Crippen LogP contribution in [-0.2, 0) is 6.54 Å². The number of benzene rings is 3. The van der Waals surface area contributed by atoms with Crippen molar-refractivity contribution in [1.29, 1.82) is 0 Å². The van der Waals surface area contributed by atoms with Crippen LogP contribution in [-0.4, -0.2) is 41.9 Å². The SMILES string of the molecule is O=C(Nc1ccc(N2CCN(Cc3ccccc3Cl)CC2)cc1)c1cc([N+](=O)[O-])ccc1Cl. The molecule has 1 saturated heterocycles. The van der Waals surface area contributed by atoms with Crippen molar-refractivity contribution in [1.82, 2.24) is 4.90 Å². The minimum atomic E-state index is -0.559. The van der Waals surface area contributed by atoms with Crippen molar-refractivity contribution in [3.05, 3.63) is 98.0 Å². The van der Waals surface area contributed by atoms with Gasteiger partial charge in [-0.25, -0.2) is 0 Å². The zero-order valence-corrected chi connectivity index (χ0v) is 19.2. The molecule has 0 saturated carbocycles. The zero-order valence-electron chi connectivity index (χ0n) is 17.7. The summed E-state index contributed by atoms with van der Waals surface area (Å²) >= 11 is 12.3. The van der Waals surface area contributed by atoms with Crippen molar-refractivity contribution in [2.75, 3.05) is 36.4 Å². The van der Waals surface area contributed by atoms with Crippen LogP contribution >= 0.6 is 23.2 Å². The third-order valence-electron chi connectivity index (χ3n) is 5.62. The lowest BCUT2D eigenvalue weighted by Gasteiger charge is -2.36. The van der Waals surface area contributed by atoms with Crippen LogP contribution in [0.1, 0.15) is 15.9 Å². The highest BCUT2D eigenvalue weighted by molar-refractivity contribution is 6.34. The summed E-state index contributed by atoms with van der Waals surface area (Å²) in [5, 5.41) is 14.7. The van der Waals surface area contributed by atoms with Gasteiger partial charge in [-0.05, 0) is 42.0 Å². The highest BCUT2D eigenvalue weighted by atomic mass is 35.5. The maximum atomic E-state index is 12.6. The first kappa shape index (κ1) is 23.0. The fourth-order valence-corrected chi connectivity index (χ4v) is 4.19. The predicted octanol–water partition coefficient (Wildman–Crippen LogP) is 5.48. The Kier molecular flexibility index (Phi) is 7.13. The van der Waals surface area contributed by atoms with E-state index < -0.39 is 10.8 Å². The molecular weight excluding hydrogens is 463 g/mol. The second-order valence-corrected chi connectivity index (χ2v) is 8.59. The van der Waals surface area contributed by atoms with E-state index in [1.54, 1.807) is 0 Å². The van der Waals surface area contributed by atoms with E-state index in [-0.39, 0.29) is 16.3 Å². The number of rotatable bonds is 6. The number of carbonyl (C=O) groups excluding carboxylic acids is 1. The van der Waals surface area contributed by atoms with Crippen LogP contribution in [0.5, 0.6) is 0 Å². The summed E-state index contributed by atoms with van der Waals surface area (Å²) in [4.78, 5) is 27.7. The Bertz CT molecular complexity index is 1160. The minimum Gasteiger partial charge on any atom is -0.369 e. The smallest absolute Gasteiger partial charge is 0.270 e. The van der Waals surface area contributed by atoms with E-state index in [1.165, 1.54) is 18.2 Å². The molecule has 33 heavy (non-hydrogen) atoms. The van der Waals surface area contributed by atoms with Crippen molar-refractivity contribution in [3.8, 4) is 0 Å². The number of carbonyl (C=O) groups is 1. The number of nitrogens with one attached hydrogen (secondary N) is 1. The zero-order chi connectivity index (χ0) is 23.4. The number of halogens is 2. The quantitative estimate of drug-likeness (QED) is 0.370. The fraction of sp³-hybridized carbons (Fsp3) is 0.208. The van der Waals surface area contributed by atoms with Crippen LogP contribution in [0.25, 0.3) is 0 Å². The van der Waals surface area contributed by atoms with Gasteiger partial charge in [0.05, 0.1) is 15.5 Å². The summed E-state index contributed by atoms with van der Waals surface area (Å²) in [6.45, 7) is 4.46. The molecule has 1 N–H and O–H groups in total. The molecule has 1 amide bonds. The van der Waals surface area contributed by atoms with Gasteiger partial charge in [0.15, 0.2) is 0 Å². The number of amides is 1. The summed E-state index contributed by atoms with van der Waals surface area (Å²) in [7, 11) is 0. The summed E-state index contributed by atoms with van der Waals surface area (Å²) in [6, 6.07) is 19.2. The van der Waals surface area contributed by atoms with Gasteiger partial charge < -0.3 is 10.2 Å². The molecule has 170 valence electrons. The molecule has 0 aliphatic carbocycles. The van der Waals surface area contributed by atoms with Gasteiger partial charge in [-0.3, -0.25) is 19.8 Å². The van der Waals surface area contributed by atoms with Crippen molar-refractivity contribution >= 4 is 46.2 Å². The van der Waals surface area contributed by atoms with Crippen molar-refractivity contribution in [2.45, 2.75) is 6.54 Å². The molecule has 3 aromatic carbocycles. The second kappa shape index (κ2) is 10.2. The standard InChI is InChI=1S/C24H22Cl2N4O3/c25-22-4-2-1-3-17(22)16-28-11-13-29(14-12-28)19-7-5-18(6-8-19)27-24(31)21-15-20(30(32)33)9-10-23(21)26/h1-10,15H,11-14,16H2,(H,27,31). The van der Waals surface area contributed by atoms with Crippen LogP contribution in [0.15, 0.2) is 66.7 Å². The molecule has 1 fully saturated rings. The Balaban J connectivity index is 1.34. The van der Waals surface area contributed by atoms with E-state index in [1.807, 2.05) is 42.5 Å². The van der Waals surface area contributed by atoms with Gasteiger partial charge in [0.25, 0.3) is 11.6 Å². The lowest BCUT2D eigenvalue weighted by molar-refractivity contribution is -0.384. The molecule has 1 heterocycles. The molecule has 0 spiro atoms. The molecule has 0 unspecified atom stereocenters. The van der Waals surface area contributed by atoms with Crippen LogP contribution in [0.2, 0.25) is 10.0 Å². The molecule has 0 radical (unpaired) electrons. The lowest BCUT2D eigenvalue weighted by atomic mass is 10.1. The van der Waals surface area contributed by atoms with Gasteiger partial charge in [0, 0.05) is 61.3 Å². The first-order valence-corrected chi connectivity index (χ1v) is 11.2. The van der Waals surface area contributed by atoms with Crippen molar-refractivity contribution in [2.24, 2.45) is 0 Å². The predicted molar refractivity (Wildman–Crippen MR) is 131 cm³/mol. The summed E-state index contributed by atoms with van der Waals surface area (Å²) < 4.78 is 0. The average Bonchev–Trinajstić information content (AvgIpc) is 2.82. The van der Waals surface area contributed by atoms with Crippen LogP contribution in [0.4, 0.5) is 17.1 Å². The Morgan fingerprint density at radius 1 is 0.939 bits per heavy atom. The van der Waals surface area contributed by atoms with E-state index in [4.69, 9.17) is 23.2 Å². The largest absolute Gasteiger partial charge is 0.369 e. The molecule has 9 heteroatoms. The first-order valence-electron chi connectivity index (χ1n) is 10.5. The molecule has 0 bridgehead atoms. The van der Waals surface area contributed by atoms with E-state index in [0.717, 1.165) is 49.0 Å². The van der Waals surface area contributed by atoms with Crippen LogP contribution < -0.4 is 10.2 Å². The summed E-state index contributed by atoms with van der Waals surface area (Å²) in [6.07, 6.45) is 0. The molecule has 3 aromatic rings. The molecule has 0 atom stereocenters. The number of piperazine rings is 1. The third kappa shape index (κ3) is 5.63. The second-order valence-electron chi connectivity index (χ2n) is 7.78. The van der Waals surface area contributed by atoms with Gasteiger partial charge in [0.1, 0.15) is 0 Å². The number of nitrogens with zero attached hydrogens (tertiary/aromatic N) is 3. The monoisotopic (exact) mass is 484 g/mol. The van der Waals surface area contributed by atoms with Gasteiger partial charge >= 0.3 is 0 Å². The number of non-ortho nitro benzene ring substituents is 1. The van der Waals surface area contributed by atoms with Crippen LogP contribution in [0.3, 0.4) is 0 Å². The lowest BCUT2D eigenvalue weighted by Crippen LogP contribution is -2.46. The third-order valence-corrected chi connectivity index (χ3v) is 6.32. The number of hydrogen-bond acceptors (Lipinski definition) is 5. The number of hydrogen-bond donors (Lipinski definition) is 1. The highest BCUT2D eigenvalue weighted by Crippen LogP contribution is 2.25. The maximum absolute atomic E-state index is 12.6. The summed E-state index contributed by atoms with van der Waals surface area (Å²) in [5.41, 5.74) is 2.66. The van der Waals surface area contributed by atoms with E-state index in [0.29, 0.717) is 5.69 Å². The molecule has 4 rings (SSSR count). The Morgan fingerprint density at radius 2 is 1.64 bits per heavy atom. The van der Waals surface area contributed by atoms with E-state index in [2.05, 4.69) is 21.2 Å². The van der Waals surface area contributed by atoms with Crippen molar-refractivity contribution in [3.63, 3.8) is 0 Å².